The Hall–Kier alpha value is -1.71. The number of ketones is 2. The molecule has 2 rings (SSSR count). The minimum atomic E-state index is -0.308. The van der Waals surface area contributed by atoms with Gasteiger partial charge in [0.25, 0.3) is 0 Å². The van der Waals surface area contributed by atoms with E-state index in [4.69, 9.17) is 0 Å². The van der Waals surface area contributed by atoms with Crippen molar-refractivity contribution in [3.63, 3.8) is 0 Å². The van der Waals surface area contributed by atoms with Crippen LogP contribution in [0.3, 0.4) is 0 Å². The van der Waals surface area contributed by atoms with E-state index in [1.54, 1.807) is 0 Å². The number of carbonyl (C=O) groups excluding carboxylic acids is 2. The van der Waals surface area contributed by atoms with Gasteiger partial charge in [-0.1, -0.05) is 5.16 Å². The zero-order valence-corrected chi connectivity index (χ0v) is 5.40. The van der Waals surface area contributed by atoms with Crippen molar-refractivity contribution < 1.29 is 14.1 Å². The third-order valence-electron chi connectivity index (χ3n) is 1.45. The van der Waals surface area contributed by atoms with Gasteiger partial charge < -0.3 is 4.52 Å². The van der Waals surface area contributed by atoms with Crippen molar-refractivity contribution in [2.24, 2.45) is 0 Å². The van der Waals surface area contributed by atoms with E-state index in [1.807, 2.05) is 0 Å². The van der Waals surface area contributed by atoms with Crippen LogP contribution >= 0.6 is 0 Å². The first-order valence-electron chi connectivity index (χ1n) is 3.00. The molecule has 0 saturated heterocycles. The molecule has 0 fully saturated rings. The minimum Gasteiger partial charge on any atom is -0.352 e. The summed E-state index contributed by atoms with van der Waals surface area (Å²) in [5, 5.41) is 3.35. The number of hydrogen-bond donors (Lipinski definition) is 0. The Morgan fingerprint density at radius 1 is 1.18 bits per heavy atom. The molecule has 0 N–H and O–H groups in total. The van der Waals surface area contributed by atoms with Crippen LogP contribution < -0.4 is 0 Å². The number of hydrogen-bond acceptors (Lipinski definition) is 4. The van der Waals surface area contributed by atoms with Gasteiger partial charge in [0.05, 0.1) is 11.8 Å². The summed E-state index contributed by atoms with van der Waals surface area (Å²) in [5.41, 5.74) is 0.248. The number of fused-ring (bicyclic) bond motifs is 1. The van der Waals surface area contributed by atoms with Crippen molar-refractivity contribution in [3.8, 4) is 0 Å². The lowest BCUT2D eigenvalue weighted by Gasteiger charge is -1.96. The molecule has 0 aromatic carbocycles. The van der Waals surface area contributed by atoms with Crippen molar-refractivity contribution in [2.45, 2.75) is 0 Å². The zero-order chi connectivity index (χ0) is 7.84. The molecule has 4 nitrogen and oxygen atoms in total. The Bertz CT molecular complexity index is 329. The number of nitrogens with zero attached hydrogens (tertiary/aromatic N) is 1. The highest BCUT2D eigenvalue weighted by atomic mass is 16.5. The normalized spacial score (nSPS) is 15.3. The Balaban J connectivity index is 2.68. The molecule has 0 unspecified atom stereocenters. The van der Waals surface area contributed by atoms with Gasteiger partial charge in [-0.05, 0) is 12.2 Å². The molecule has 54 valence electrons. The van der Waals surface area contributed by atoms with Gasteiger partial charge in [0, 0.05) is 0 Å². The van der Waals surface area contributed by atoms with E-state index in [9.17, 15) is 9.59 Å². The van der Waals surface area contributed by atoms with Gasteiger partial charge in [0.1, 0.15) is 0 Å². The molecule has 0 bridgehead atoms. The number of rotatable bonds is 0. The average Bonchev–Trinajstić information content (AvgIpc) is 2.45. The van der Waals surface area contributed by atoms with E-state index in [0.717, 1.165) is 0 Å². The molecule has 0 saturated carbocycles. The standard InChI is InChI=1S/C7H3NO3/c9-5-1-2-6(10)7-4(5)3-8-11-7/h1-3H. The summed E-state index contributed by atoms with van der Waals surface area (Å²) in [6.07, 6.45) is 3.64. The first-order valence-corrected chi connectivity index (χ1v) is 3.00. The second-order valence-electron chi connectivity index (χ2n) is 2.13. The van der Waals surface area contributed by atoms with E-state index in [0.29, 0.717) is 0 Å². The van der Waals surface area contributed by atoms with Crippen LogP contribution in [0.2, 0.25) is 0 Å². The van der Waals surface area contributed by atoms with Gasteiger partial charge in [0.15, 0.2) is 5.78 Å². The van der Waals surface area contributed by atoms with Crippen LogP contribution in [0.15, 0.2) is 22.9 Å². The summed E-state index contributed by atoms with van der Waals surface area (Å²) in [6, 6.07) is 0. The van der Waals surface area contributed by atoms with Gasteiger partial charge in [-0.15, -0.1) is 0 Å². The Morgan fingerprint density at radius 3 is 2.64 bits per heavy atom. The molecule has 1 aliphatic carbocycles. The Morgan fingerprint density at radius 2 is 1.91 bits per heavy atom. The van der Waals surface area contributed by atoms with Crippen LogP contribution in [0.25, 0.3) is 0 Å². The maximum absolute atomic E-state index is 11.0. The summed E-state index contributed by atoms with van der Waals surface area (Å²) in [4.78, 5) is 21.9. The largest absolute Gasteiger partial charge is 0.352 e. The van der Waals surface area contributed by atoms with E-state index in [1.165, 1.54) is 18.3 Å². The van der Waals surface area contributed by atoms with Gasteiger partial charge >= 0.3 is 0 Å². The minimum absolute atomic E-state index is 0.0394. The molecule has 0 radical (unpaired) electrons. The van der Waals surface area contributed by atoms with E-state index in [-0.39, 0.29) is 22.9 Å². The van der Waals surface area contributed by atoms with E-state index < -0.39 is 0 Å². The number of carbonyl (C=O) groups is 2. The lowest BCUT2D eigenvalue weighted by atomic mass is 10.0. The summed E-state index contributed by atoms with van der Waals surface area (Å²) >= 11 is 0. The van der Waals surface area contributed by atoms with Crippen molar-refractivity contribution >= 4 is 11.6 Å². The maximum atomic E-state index is 11.0. The van der Waals surface area contributed by atoms with Crippen LogP contribution in [0, 0.1) is 0 Å². The van der Waals surface area contributed by atoms with E-state index in [2.05, 4.69) is 9.68 Å². The molecular weight excluding hydrogens is 146 g/mol. The van der Waals surface area contributed by atoms with Crippen molar-refractivity contribution in [2.75, 3.05) is 0 Å². The molecule has 1 aromatic heterocycles. The van der Waals surface area contributed by atoms with Crippen LogP contribution in [-0.2, 0) is 0 Å². The fourth-order valence-corrected chi connectivity index (χ4v) is 0.910. The Labute approximate surface area is 61.5 Å². The molecular formula is C7H3NO3. The molecule has 4 heteroatoms. The van der Waals surface area contributed by atoms with Crippen LogP contribution in [-0.4, -0.2) is 16.7 Å². The monoisotopic (exact) mass is 149 g/mol. The lowest BCUT2D eigenvalue weighted by molar-refractivity contribution is 0.0970. The van der Waals surface area contributed by atoms with Gasteiger partial charge in [-0.2, -0.15) is 0 Å². The number of allylic oxidation sites excluding steroid dienone is 2. The summed E-state index contributed by atoms with van der Waals surface area (Å²) in [6.45, 7) is 0. The highest BCUT2D eigenvalue weighted by Gasteiger charge is 2.22. The van der Waals surface area contributed by atoms with Crippen molar-refractivity contribution in [1.82, 2.24) is 5.16 Å². The van der Waals surface area contributed by atoms with Crippen LogP contribution in [0.1, 0.15) is 20.9 Å². The smallest absolute Gasteiger partial charge is 0.224 e. The summed E-state index contributed by atoms with van der Waals surface area (Å²) in [5.74, 6) is -0.504. The topological polar surface area (TPSA) is 60.2 Å². The van der Waals surface area contributed by atoms with Crippen LogP contribution in [0.4, 0.5) is 0 Å². The zero-order valence-electron chi connectivity index (χ0n) is 5.40. The second-order valence-corrected chi connectivity index (χ2v) is 2.13. The molecule has 0 atom stereocenters. The molecule has 0 spiro atoms. The van der Waals surface area contributed by atoms with Gasteiger partial charge in [-0.25, -0.2) is 0 Å². The first kappa shape index (κ1) is 6.03. The first-order chi connectivity index (χ1) is 5.29. The third-order valence-corrected chi connectivity index (χ3v) is 1.45. The maximum Gasteiger partial charge on any atom is 0.224 e. The molecule has 11 heavy (non-hydrogen) atoms. The Kier molecular flexibility index (Phi) is 1.03. The molecule has 0 aliphatic heterocycles. The third kappa shape index (κ3) is 0.724. The quantitative estimate of drug-likeness (QED) is 0.542. The van der Waals surface area contributed by atoms with Crippen molar-refractivity contribution in [3.05, 3.63) is 29.7 Å². The fraction of sp³-hybridized carbons (Fsp3) is 0. The fourth-order valence-electron chi connectivity index (χ4n) is 0.910. The summed E-state index contributed by atoms with van der Waals surface area (Å²) < 4.78 is 4.57. The molecule has 0 amide bonds. The molecule has 1 aromatic rings. The van der Waals surface area contributed by atoms with Crippen LogP contribution in [0.5, 0.6) is 0 Å². The molecule has 1 heterocycles. The lowest BCUT2D eigenvalue weighted by Crippen LogP contribution is -2.07. The highest BCUT2D eigenvalue weighted by Crippen LogP contribution is 2.14. The average molecular weight is 149 g/mol. The summed E-state index contributed by atoms with van der Waals surface area (Å²) in [7, 11) is 0. The van der Waals surface area contributed by atoms with Gasteiger partial charge in [0.2, 0.25) is 11.5 Å². The van der Waals surface area contributed by atoms with Crippen molar-refractivity contribution in [1.29, 1.82) is 0 Å². The SMILES string of the molecule is O=C1C=CC(=O)c2oncc21. The predicted molar refractivity (Wildman–Crippen MR) is 34.3 cm³/mol. The van der Waals surface area contributed by atoms with E-state index >= 15 is 0 Å². The number of aromatic nitrogens is 1. The second kappa shape index (κ2) is 1.88. The highest BCUT2D eigenvalue weighted by molar-refractivity contribution is 6.20. The van der Waals surface area contributed by atoms with Gasteiger partial charge in [-0.3, -0.25) is 9.59 Å². The molecule has 1 aliphatic rings. The predicted octanol–water partition coefficient (Wildman–Crippen LogP) is 0.610.